The summed E-state index contributed by atoms with van der Waals surface area (Å²) in [7, 11) is 0. The van der Waals surface area contributed by atoms with Crippen LogP contribution in [-0.2, 0) is 0 Å². The van der Waals surface area contributed by atoms with Gasteiger partial charge in [-0.25, -0.2) is 0 Å². The van der Waals surface area contributed by atoms with Gasteiger partial charge in [0.25, 0.3) is 0 Å². The van der Waals surface area contributed by atoms with Gasteiger partial charge in [0.15, 0.2) is 0 Å². The molecule has 0 spiro atoms. The molecule has 70 heavy (non-hydrogen) atoms. The quantitative estimate of drug-likeness (QED) is 0.146. The largest absolute Gasteiger partial charge is 0.0622 e. The molecule has 0 bridgehead atoms. The molecule has 14 aromatic rings. The van der Waals surface area contributed by atoms with E-state index in [1.54, 1.807) is 0 Å². The molecule has 0 atom stereocenters. The summed E-state index contributed by atoms with van der Waals surface area (Å²) >= 11 is 0. The maximum atomic E-state index is 2.39. The summed E-state index contributed by atoms with van der Waals surface area (Å²) in [6.45, 7) is 0. The number of benzene rings is 14. The van der Waals surface area contributed by atoms with Crippen molar-refractivity contribution in [3.63, 3.8) is 0 Å². The van der Waals surface area contributed by atoms with Crippen LogP contribution in [0.15, 0.2) is 267 Å². The van der Waals surface area contributed by atoms with Crippen LogP contribution in [0.1, 0.15) is 0 Å². The highest BCUT2D eigenvalue weighted by Crippen LogP contribution is 2.53. The lowest BCUT2D eigenvalue weighted by Crippen LogP contribution is -1.96. The first-order valence-electron chi connectivity index (χ1n) is 24.3. The Kier molecular flexibility index (Phi) is 9.32. The molecule has 0 heteroatoms. The zero-order valence-electron chi connectivity index (χ0n) is 38.4. The van der Waals surface area contributed by atoms with E-state index < -0.39 is 0 Å². The predicted octanol–water partition coefficient (Wildman–Crippen LogP) is 19.8. The standard InChI is InChI=1S/C70H44/c1-3-19-45(20-4-1)47-35-37-48(38-36-47)65-53-23-7-11-27-57(53)67(58-28-12-8-24-54(58)65)69-61-31-15-17-33-63(61)70(64-34-18-16-32-62(64)69)68-59-29-13-9-25-55(59)66(56-26-10-14-30-60(56)68)52-42-41-50-43-49(39-40-51(50)44-52)46-21-5-2-6-22-46/h1-44H. The topological polar surface area (TPSA) is 0 Å². The van der Waals surface area contributed by atoms with E-state index in [1.807, 2.05) is 0 Å². The maximum absolute atomic E-state index is 2.39. The highest BCUT2D eigenvalue weighted by Gasteiger charge is 2.25. The van der Waals surface area contributed by atoms with Crippen molar-refractivity contribution in [2.24, 2.45) is 0 Å². The number of rotatable bonds is 6. The highest BCUT2D eigenvalue weighted by atomic mass is 14.3. The fourth-order valence-corrected chi connectivity index (χ4v) is 11.8. The normalized spacial score (nSPS) is 11.7. The molecule has 0 heterocycles. The van der Waals surface area contributed by atoms with Crippen LogP contribution in [0.2, 0.25) is 0 Å². The van der Waals surface area contributed by atoms with E-state index in [2.05, 4.69) is 267 Å². The zero-order valence-corrected chi connectivity index (χ0v) is 38.4. The average molecular weight is 885 g/mol. The Labute approximate surface area is 407 Å². The van der Waals surface area contributed by atoms with Gasteiger partial charge in [-0.15, -0.1) is 0 Å². The van der Waals surface area contributed by atoms with Crippen molar-refractivity contribution in [2.45, 2.75) is 0 Å². The third-order valence-electron chi connectivity index (χ3n) is 14.8. The molecular formula is C70H44. The van der Waals surface area contributed by atoms with Crippen LogP contribution < -0.4 is 0 Å². The molecule has 0 N–H and O–H groups in total. The van der Waals surface area contributed by atoms with Crippen molar-refractivity contribution in [2.75, 3.05) is 0 Å². The van der Waals surface area contributed by atoms with Gasteiger partial charge < -0.3 is 0 Å². The molecule has 14 aromatic carbocycles. The van der Waals surface area contributed by atoms with Crippen LogP contribution >= 0.6 is 0 Å². The first-order chi connectivity index (χ1) is 34.8. The Bertz CT molecular complexity index is 4200. The van der Waals surface area contributed by atoms with Crippen molar-refractivity contribution in [3.05, 3.63) is 267 Å². The summed E-state index contributed by atoms with van der Waals surface area (Å²) in [6.07, 6.45) is 0. The van der Waals surface area contributed by atoms with Gasteiger partial charge in [-0.05, 0) is 154 Å². The van der Waals surface area contributed by atoms with Crippen LogP contribution in [0.3, 0.4) is 0 Å². The molecule has 0 aliphatic heterocycles. The third kappa shape index (κ3) is 6.31. The Morgan fingerprint density at radius 2 is 0.343 bits per heavy atom. The van der Waals surface area contributed by atoms with Gasteiger partial charge in [0.2, 0.25) is 0 Å². The van der Waals surface area contributed by atoms with Crippen molar-refractivity contribution >= 4 is 75.4 Å². The molecule has 0 fully saturated rings. The molecule has 0 aliphatic carbocycles. The van der Waals surface area contributed by atoms with Crippen molar-refractivity contribution < 1.29 is 0 Å². The van der Waals surface area contributed by atoms with Crippen LogP contribution in [0.5, 0.6) is 0 Å². The van der Waals surface area contributed by atoms with E-state index in [4.69, 9.17) is 0 Å². The van der Waals surface area contributed by atoms with E-state index in [0.29, 0.717) is 0 Å². The van der Waals surface area contributed by atoms with Gasteiger partial charge in [-0.1, -0.05) is 255 Å². The summed E-state index contributed by atoms with van der Waals surface area (Å²) in [5.74, 6) is 0. The monoisotopic (exact) mass is 884 g/mol. The Morgan fingerprint density at radius 1 is 0.129 bits per heavy atom. The van der Waals surface area contributed by atoms with Crippen LogP contribution in [0.4, 0.5) is 0 Å². The smallest absolute Gasteiger partial charge is 0.00139 e. The van der Waals surface area contributed by atoms with Crippen LogP contribution in [0, 0.1) is 0 Å². The number of hydrogen-bond donors (Lipinski definition) is 0. The van der Waals surface area contributed by atoms with Crippen molar-refractivity contribution in [1.29, 1.82) is 0 Å². The lowest BCUT2D eigenvalue weighted by Gasteiger charge is -2.24. The minimum absolute atomic E-state index is 1.21. The Hall–Kier alpha value is -9.10. The summed E-state index contributed by atoms with van der Waals surface area (Å²) in [6, 6.07) is 99.0. The highest BCUT2D eigenvalue weighted by molar-refractivity contribution is 6.33. The van der Waals surface area contributed by atoms with Crippen LogP contribution in [0.25, 0.3) is 142 Å². The van der Waals surface area contributed by atoms with E-state index >= 15 is 0 Å². The summed E-state index contributed by atoms with van der Waals surface area (Å²) in [5, 5.41) is 17.4. The lowest BCUT2D eigenvalue weighted by molar-refractivity contribution is 1.61. The molecule has 0 unspecified atom stereocenters. The molecule has 14 rings (SSSR count). The van der Waals surface area contributed by atoms with Gasteiger partial charge >= 0.3 is 0 Å². The SMILES string of the molecule is c1ccc(-c2ccc(-c3c4ccccc4c(-c4c5ccccc5c(-c5c6ccccc6c(-c6ccc7cc(-c8ccccc8)ccc7c6)c6ccccc56)c5ccccc45)c4ccccc34)cc2)cc1. The number of hydrogen-bond acceptors (Lipinski definition) is 0. The van der Waals surface area contributed by atoms with Gasteiger partial charge in [-0.3, -0.25) is 0 Å². The second kappa shape index (κ2) is 16.3. The molecule has 0 radical (unpaired) electrons. The third-order valence-corrected chi connectivity index (χ3v) is 14.8. The van der Waals surface area contributed by atoms with Gasteiger partial charge in [0.05, 0.1) is 0 Å². The molecule has 0 saturated heterocycles. The first kappa shape index (κ1) is 40.0. The van der Waals surface area contributed by atoms with Gasteiger partial charge in [0.1, 0.15) is 0 Å². The fourth-order valence-electron chi connectivity index (χ4n) is 11.8. The minimum atomic E-state index is 1.21. The maximum Gasteiger partial charge on any atom is -0.00139 e. The van der Waals surface area contributed by atoms with Gasteiger partial charge in [-0.2, -0.15) is 0 Å². The van der Waals surface area contributed by atoms with Crippen molar-refractivity contribution in [3.8, 4) is 66.8 Å². The molecule has 0 saturated carbocycles. The van der Waals surface area contributed by atoms with E-state index in [9.17, 15) is 0 Å². The fraction of sp³-hybridized carbons (Fsp3) is 0. The predicted molar refractivity (Wildman–Crippen MR) is 302 cm³/mol. The van der Waals surface area contributed by atoms with Crippen LogP contribution in [-0.4, -0.2) is 0 Å². The second-order valence-corrected chi connectivity index (χ2v) is 18.6. The van der Waals surface area contributed by atoms with E-state index in [1.165, 1.54) is 142 Å². The molecule has 324 valence electrons. The molecule has 0 aromatic heterocycles. The minimum Gasteiger partial charge on any atom is -0.0622 e. The van der Waals surface area contributed by atoms with Gasteiger partial charge in [0, 0.05) is 0 Å². The number of fused-ring (bicyclic) bond motifs is 7. The summed E-state index contributed by atoms with van der Waals surface area (Å²) < 4.78 is 0. The molecule has 0 aliphatic rings. The zero-order chi connectivity index (χ0) is 46.1. The molecule has 0 nitrogen and oxygen atoms in total. The Morgan fingerprint density at radius 3 is 0.686 bits per heavy atom. The molecule has 0 amide bonds. The van der Waals surface area contributed by atoms with E-state index in [-0.39, 0.29) is 0 Å². The second-order valence-electron chi connectivity index (χ2n) is 18.6. The first-order valence-corrected chi connectivity index (χ1v) is 24.3. The van der Waals surface area contributed by atoms with Crippen molar-refractivity contribution in [1.82, 2.24) is 0 Å². The average Bonchev–Trinajstić information content (AvgIpc) is 3.44. The Balaban J connectivity index is 1.02. The summed E-state index contributed by atoms with van der Waals surface area (Å²) in [5.41, 5.74) is 14.9. The lowest BCUT2D eigenvalue weighted by atomic mass is 9.79. The van der Waals surface area contributed by atoms with E-state index in [0.717, 1.165) is 0 Å². The summed E-state index contributed by atoms with van der Waals surface area (Å²) in [4.78, 5) is 0. The molecular weight excluding hydrogens is 841 g/mol.